The fraction of sp³-hybridized carbons (Fsp3) is 0.474. The molecule has 0 saturated carbocycles. The minimum atomic E-state index is -4.52. The molecule has 3 rings (SSSR count). The zero-order valence-corrected chi connectivity index (χ0v) is 16.0. The summed E-state index contributed by atoms with van der Waals surface area (Å²) in [6, 6.07) is 8.92. The second-order valence-electron chi connectivity index (χ2n) is 6.89. The van der Waals surface area contributed by atoms with E-state index >= 15 is 0 Å². The Hall–Kier alpha value is -2.39. The lowest BCUT2D eigenvalue weighted by Gasteiger charge is -2.26. The molecule has 1 aliphatic rings. The average Bonchev–Trinajstić information content (AvgIpc) is 2.67. The summed E-state index contributed by atoms with van der Waals surface area (Å²) in [5.74, 6) is 0.154. The highest BCUT2D eigenvalue weighted by atomic mass is 19.4. The molecule has 1 fully saturated rings. The van der Waals surface area contributed by atoms with Gasteiger partial charge in [0.1, 0.15) is 5.82 Å². The van der Waals surface area contributed by atoms with Crippen molar-refractivity contribution in [2.24, 2.45) is 0 Å². The third kappa shape index (κ3) is 5.56. The molecule has 1 N–H and O–H groups in total. The van der Waals surface area contributed by atoms with Crippen LogP contribution >= 0.6 is 0 Å². The molecular weight excluding hydrogens is 371 g/mol. The van der Waals surface area contributed by atoms with Crippen molar-refractivity contribution in [3.63, 3.8) is 0 Å². The molecule has 0 radical (unpaired) electrons. The van der Waals surface area contributed by atoms with Gasteiger partial charge in [-0.15, -0.1) is 0 Å². The Balaban J connectivity index is 1.64. The molecule has 1 saturated heterocycles. The van der Waals surface area contributed by atoms with Crippen LogP contribution in [0.15, 0.2) is 30.3 Å². The maximum Gasteiger partial charge on any atom is 0.433 e. The van der Waals surface area contributed by atoms with Gasteiger partial charge in [-0.05, 0) is 11.1 Å². The van der Waals surface area contributed by atoms with E-state index in [0.717, 1.165) is 44.5 Å². The number of ether oxygens (including phenoxy) is 1. The van der Waals surface area contributed by atoms with Crippen molar-refractivity contribution >= 4 is 11.8 Å². The van der Waals surface area contributed by atoms with Crippen LogP contribution in [0.4, 0.5) is 24.9 Å². The third-order valence-corrected chi connectivity index (χ3v) is 4.44. The van der Waals surface area contributed by atoms with Crippen molar-refractivity contribution in [1.82, 2.24) is 14.9 Å². The second kappa shape index (κ2) is 8.74. The predicted octanol–water partition coefficient (Wildman–Crippen LogP) is 3.01. The van der Waals surface area contributed by atoms with E-state index in [9.17, 15) is 13.2 Å². The number of aromatic nitrogens is 2. The number of benzene rings is 1. The molecule has 0 bridgehead atoms. The lowest BCUT2D eigenvalue weighted by Crippen LogP contribution is -2.35. The molecular formula is C19H24F3N5O. The van der Waals surface area contributed by atoms with Crippen LogP contribution in [0.5, 0.6) is 0 Å². The summed E-state index contributed by atoms with van der Waals surface area (Å²) >= 11 is 0. The molecule has 2 heterocycles. The standard InChI is InChI=1S/C19H24F3N5O/c1-26(2)17-11-16(19(20,21)22)24-18(25-17)23-12-14-3-5-15(6-4-14)13-27-7-9-28-10-8-27/h3-6,11H,7-10,12-13H2,1-2H3,(H,23,24,25). The zero-order chi connectivity index (χ0) is 20.1. The lowest BCUT2D eigenvalue weighted by atomic mass is 10.1. The molecule has 28 heavy (non-hydrogen) atoms. The van der Waals surface area contributed by atoms with Crippen molar-refractivity contribution < 1.29 is 17.9 Å². The van der Waals surface area contributed by atoms with Crippen LogP contribution in [0.2, 0.25) is 0 Å². The minimum absolute atomic E-state index is 0.0454. The van der Waals surface area contributed by atoms with Crippen LogP contribution in [0, 0.1) is 0 Å². The predicted molar refractivity (Wildman–Crippen MR) is 101 cm³/mol. The first kappa shape index (κ1) is 20.3. The fourth-order valence-electron chi connectivity index (χ4n) is 2.85. The van der Waals surface area contributed by atoms with E-state index in [-0.39, 0.29) is 11.8 Å². The Labute approximate surface area is 162 Å². The van der Waals surface area contributed by atoms with E-state index in [1.54, 1.807) is 14.1 Å². The molecule has 0 unspecified atom stereocenters. The Kier molecular flexibility index (Phi) is 6.35. The van der Waals surface area contributed by atoms with Gasteiger partial charge in [0.25, 0.3) is 0 Å². The number of nitrogens with one attached hydrogen (secondary N) is 1. The molecule has 0 spiro atoms. The number of anilines is 2. The van der Waals surface area contributed by atoms with Gasteiger partial charge in [-0.25, -0.2) is 4.98 Å². The zero-order valence-electron chi connectivity index (χ0n) is 16.0. The monoisotopic (exact) mass is 395 g/mol. The molecule has 1 aromatic carbocycles. The summed E-state index contributed by atoms with van der Waals surface area (Å²) in [6.07, 6.45) is -4.52. The Morgan fingerprint density at radius 1 is 1.07 bits per heavy atom. The summed E-state index contributed by atoms with van der Waals surface area (Å²) in [4.78, 5) is 11.6. The van der Waals surface area contributed by atoms with Crippen molar-refractivity contribution in [3.05, 3.63) is 47.2 Å². The van der Waals surface area contributed by atoms with Gasteiger partial charge in [-0.2, -0.15) is 18.2 Å². The number of nitrogens with zero attached hydrogens (tertiary/aromatic N) is 4. The van der Waals surface area contributed by atoms with E-state index in [2.05, 4.69) is 20.2 Å². The van der Waals surface area contributed by atoms with Gasteiger partial charge in [0.05, 0.1) is 13.2 Å². The number of alkyl halides is 3. The van der Waals surface area contributed by atoms with Crippen LogP contribution in [0.25, 0.3) is 0 Å². The topological polar surface area (TPSA) is 53.5 Å². The van der Waals surface area contributed by atoms with Crippen LogP contribution in [-0.2, 0) is 24.0 Å². The highest BCUT2D eigenvalue weighted by Crippen LogP contribution is 2.30. The molecule has 0 amide bonds. The maximum atomic E-state index is 13.1. The van der Waals surface area contributed by atoms with E-state index in [0.29, 0.717) is 6.54 Å². The number of morpholine rings is 1. The first-order valence-corrected chi connectivity index (χ1v) is 9.06. The number of hydrogen-bond acceptors (Lipinski definition) is 6. The minimum Gasteiger partial charge on any atom is -0.379 e. The van der Waals surface area contributed by atoms with Gasteiger partial charge in [0, 0.05) is 46.3 Å². The SMILES string of the molecule is CN(C)c1cc(C(F)(F)F)nc(NCc2ccc(CN3CCOCC3)cc2)n1. The van der Waals surface area contributed by atoms with Crippen LogP contribution in [-0.4, -0.2) is 55.3 Å². The number of hydrogen-bond donors (Lipinski definition) is 1. The van der Waals surface area contributed by atoms with Crippen molar-refractivity contribution in [1.29, 1.82) is 0 Å². The second-order valence-corrected chi connectivity index (χ2v) is 6.89. The summed E-state index contributed by atoms with van der Waals surface area (Å²) < 4.78 is 44.5. The van der Waals surface area contributed by atoms with Gasteiger partial charge >= 0.3 is 6.18 Å². The fourth-order valence-corrected chi connectivity index (χ4v) is 2.85. The van der Waals surface area contributed by atoms with Crippen LogP contribution in [0.3, 0.4) is 0 Å². The molecule has 1 aromatic heterocycles. The highest BCUT2D eigenvalue weighted by Gasteiger charge is 2.34. The van der Waals surface area contributed by atoms with Gasteiger partial charge in [-0.3, -0.25) is 4.90 Å². The van der Waals surface area contributed by atoms with E-state index in [1.807, 2.05) is 24.3 Å². The van der Waals surface area contributed by atoms with Crippen molar-refractivity contribution in [2.75, 3.05) is 50.6 Å². The number of halogens is 3. The lowest BCUT2D eigenvalue weighted by molar-refractivity contribution is -0.141. The largest absolute Gasteiger partial charge is 0.433 e. The molecule has 9 heteroatoms. The molecule has 152 valence electrons. The van der Waals surface area contributed by atoms with Gasteiger partial charge in [0.15, 0.2) is 5.69 Å². The first-order valence-electron chi connectivity index (χ1n) is 9.06. The summed E-state index contributed by atoms with van der Waals surface area (Å²) in [5, 5.41) is 2.89. The van der Waals surface area contributed by atoms with E-state index < -0.39 is 11.9 Å². The first-order chi connectivity index (χ1) is 13.3. The normalized spacial score (nSPS) is 15.5. The average molecular weight is 395 g/mol. The summed E-state index contributed by atoms with van der Waals surface area (Å²) in [6.45, 7) is 4.56. The Bertz CT molecular complexity index is 774. The Morgan fingerprint density at radius 2 is 1.71 bits per heavy atom. The Morgan fingerprint density at radius 3 is 2.32 bits per heavy atom. The smallest absolute Gasteiger partial charge is 0.379 e. The van der Waals surface area contributed by atoms with Gasteiger partial charge in [0.2, 0.25) is 5.95 Å². The quantitative estimate of drug-likeness (QED) is 0.812. The molecule has 6 nitrogen and oxygen atoms in total. The highest BCUT2D eigenvalue weighted by molar-refractivity contribution is 5.44. The molecule has 0 aliphatic carbocycles. The van der Waals surface area contributed by atoms with Crippen LogP contribution < -0.4 is 10.2 Å². The van der Waals surface area contributed by atoms with Crippen molar-refractivity contribution in [3.8, 4) is 0 Å². The van der Waals surface area contributed by atoms with E-state index in [4.69, 9.17) is 4.74 Å². The van der Waals surface area contributed by atoms with Gasteiger partial charge in [-0.1, -0.05) is 24.3 Å². The van der Waals surface area contributed by atoms with Crippen LogP contribution in [0.1, 0.15) is 16.8 Å². The maximum absolute atomic E-state index is 13.1. The third-order valence-electron chi connectivity index (χ3n) is 4.44. The van der Waals surface area contributed by atoms with Crippen molar-refractivity contribution in [2.45, 2.75) is 19.3 Å². The summed E-state index contributed by atoms with van der Waals surface area (Å²) in [7, 11) is 3.28. The van der Waals surface area contributed by atoms with E-state index in [1.165, 1.54) is 10.5 Å². The number of rotatable bonds is 6. The van der Waals surface area contributed by atoms with Gasteiger partial charge < -0.3 is 15.0 Å². The molecule has 1 aliphatic heterocycles. The molecule has 2 aromatic rings. The molecule has 0 atom stereocenters. The summed E-state index contributed by atoms with van der Waals surface area (Å²) in [5.41, 5.74) is 1.17.